The van der Waals surface area contributed by atoms with Gasteiger partial charge in [0.15, 0.2) is 16.7 Å². The summed E-state index contributed by atoms with van der Waals surface area (Å²) in [5, 5.41) is 0.460. The molecule has 0 spiro atoms. The third-order valence-corrected chi connectivity index (χ3v) is 8.17. The first kappa shape index (κ1) is 25.6. The van der Waals surface area contributed by atoms with Gasteiger partial charge >= 0.3 is 6.18 Å². The maximum atomic E-state index is 13.6. The molecule has 1 fully saturated rings. The van der Waals surface area contributed by atoms with Gasteiger partial charge in [0.1, 0.15) is 11.9 Å². The number of halogens is 3. The molecule has 0 bridgehead atoms. The summed E-state index contributed by atoms with van der Waals surface area (Å²) in [4.78, 5) is 24.3. The molecule has 5 rings (SSSR count). The van der Waals surface area contributed by atoms with Crippen LogP contribution in [0.5, 0.6) is 11.5 Å². The summed E-state index contributed by atoms with van der Waals surface area (Å²) in [5.41, 5.74) is 0.659. The van der Waals surface area contributed by atoms with Gasteiger partial charge in [-0.1, -0.05) is 62.1 Å². The van der Waals surface area contributed by atoms with Crippen molar-refractivity contribution >= 4 is 34.4 Å². The molecule has 10 heteroatoms. The van der Waals surface area contributed by atoms with Gasteiger partial charge in [-0.3, -0.25) is 9.69 Å². The van der Waals surface area contributed by atoms with E-state index in [1.807, 2.05) is 4.90 Å². The molecule has 37 heavy (non-hydrogen) atoms. The highest BCUT2D eigenvalue weighted by Gasteiger charge is 2.43. The van der Waals surface area contributed by atoms with Crippen molar-refractivity contribution in [3.8, 4) is 11.5 Å². The Labute approximate surface area is 218 Å². The summed E-state index contributed by atoms with van der Waals surface area (Å²) in [7, 11) is 3.05. The van der Waals surface area contributed by atoms with Crippen LogP contribution < -0.4 is 9.47 Å². The second-order valence-corrected chi connectivity index (χ2v) is 10.4. The minimum atomic E-state index is -4.46. The smallest absolute Gasteiger partial charge is 0.416 e. The molecule has 1 amide bonds. The number of ether oxygens (including phenoxy) is 2. The summed E-state index contributed by atoms with van der Waals surface area (Å²) in [6, 6.07) is 8.47. The molecule has 1 saturated carbocycles. The number of amides is 1. The zero-order valence-corrected chi connectivity index (χ0v) is 21.5. The van der Waals surface area contributed by atoms with Crippen molar-refractivity contribution in [2.75, 3.05) is 14.2 Å². The molecular weight excluding hydrogens is 503 g/mol. The molecule has 6 nitrogen and oxygen atoms in total. The number of fused-ring (bicyclic) bond motifs is 3. The van der Waals surface area contributed by atoms with Crippen molar-refractivity contribution in [3.63, 3.8) is 0 Å². The van der Waals surface area contributed by atoms with Crippen LogP contribution in [0.25, 0.3) is 0 Å². The van der Waals surface area contributed by atoms with Crippen LogP contribution >= 0.6 is 11.8 Å². The molecule has 3 aliphatic rings. The van der Waals surface area contributed by atoms with Gasteiger partial charge in [0.05, 0.1) is 25.5 Å². The highest BCUT2D eigenvalue weighted by atomic mass is 32.2. The Bertz CT molecular complexity index is 1260. The molecule has 0 saturated heterocycles. The van der Waals surface area contributed by atoms with Gasteiger partial charge in [0.25, 0.3) is 5.91 Å². The Morgan fingerprint density at radius 3 is 2.43 bits per heavy atom. The van der Waals surface area contributed by atoms with Crippen LogP contribution in [-0.2, 0) is 16.7 Å². The molecule has 2 heterocycles. The van der Waals surface area contributed by atoms with E-state index < -0.39 is 17.8 Å². The van der Waals surface area contributed by atoms with Crippen molar-refractivity contribution in [1.29, 1.82) is 0 Å². The third-order valence-electron chi connectivity index (χ3n) is 7.17. The van der Waals surface area contributed by atoms with E-state index >= 15 is 0 Å². The SMILES string of the molecule is COc1cc2c(cc1OC)C1=NC(=O)C(CC3CCCCC3)N1C(SCc1ccccc1C(F)(F)F)=N2. The fourth-order valence-electron chi connectivity index (χ4n) is 5.31. The maximum Gasteiger partial charge on any atom is 0.416 e. The summed E-state index contributed by atoms with van der Waals surface area (Å²) < 4.78 is 51.7. The van der Waals surface area contributed by atoms with Crippen molar-refractivity contribution in [3.05, 3.63) is 53.1 Å². The fourth-order valence-corrected chi connectivity index (χ4v) is 6.37. The zero-order valence-electron chi connectivity index (χ0n) is 20.7. The van der Waals surface area contributed by atoms with Crippen molar-refractivity contribution in [2.45, 2.75) is 56.5 Å². The lowest BCUT2D eigenvalue weighted by atomic mass is 9.84. The number of carbonyl (C=O) groups excluding carboxylic acids is 1. The Morgan fingerprint density at radius 1 is 1.03 bits per heavy atom. The minimum Gasteiger partial charge on any atom is -0.493 e. The molecule has 196 valence electrons. The lowest BCUT2D eigenvalue weighted by Crippen LogP contribution is -2.44. The molecule has 1 aliphatic carbocycles. The van der Waals surface area contributed by atoms with E-state index in [2.05, 4.69) is 4.99 Å². The monoisotopic (exact) mass is 531 g/mol. The van der Waals surface area contributed by atoms with E-state index in [0.29, 0.717) is 46.1 Å². The van der Waals surface area contributed by atoms with Crippen LogP contribution in [0, 0.1) is 5.92 Å². The molecule has 0 N–H and O–H groups in total. The van der Waals surface area contributed by atoms with Crippen LogP contribution in [0.2, 0.25) is 0 Å². The Balaban J connectivity index is 1.52. The second kappa shape index (κ2) is 10.4. The van der Waals surface area contributed by atoms with Gasteiger partial charge in [-0.2, -0.15) is 18.2 Å². The number of thioether (sulfide) groups is 1. The van der Waals surface area contributed by atoms with Crippen molar-refractivity contribution in [1.82, 2.24) is 4.90 Å². The lowest BCUT2D eigenvalue weighted by Gasteiger charge is -2.34. The summed E-state index contributed by atoms with van der Waals surface area (Å²) in [6.45, 7) is 0. The fraction of sp³-hybridized carbons (Fsp3) is 0.444. The van der Waals surface area contributed by atoms with E-state index in [-0.39, 0.29) is 17.2 Å². The number of alkyl halides is 3. The number of nitrogens with zero attached hydrogens (tertiary/aromatic N) is 3. The highest BCUT2D eigenvalue weighted by molar-refractivity contribution is 8.13. The predicted molar refractivity (Wildman–Crippen MR) is 138 cm³/mol. The van der Waals surface area contributed by atoms with Gasteiger partial charge in [-0.15, -0.1) is 0 Å². The number of hydrogen-bond acceptors (Lipinski definition) is 6. The Hall–Kier alpha value is -3.01. The normalized spacial score (nSPS) is 19.8. The summed E-state index contributed by atoms with van der Waals surface area (Å²) in [5.74, 6) is 1.62. The van der Waals surface area contributed by atoms with E-state index in [1.165, 1.54) is 44.5 Å². The van der Waals surface area contributed by atoms with Crippen LogP contribution in [0.1, 0.15) is 55.2 Å². The van der Waals surface area contributed by atoms with E-state index in [1.54, 1.807) is 18.2 Å². The Kier molecular flexibility index (Phi) is 7.20. The summed E-state index contributed by atoms with van der Waals surface area (Å²) >= 11 is 1.18. The zero-order chi connectivity index (χ0) is 26.2. The van der Waals surface area contributed by atoms with Crippen molar-refractivity contribution < 1.29 is 27.4 Å². The highest BCUT2D eigenvalue weighted by Crippen LogP contribution is 2.43. The van der Waals surface area contributed by atoms with Gasteiger partial charge < -0.3 is 9.47 Å². The lowest BCUT2D eigenvalue weighted by molar-refractivity contribution is -0.138. The number of aliphatic imine (C=N–C) groups is 2. The van der Waals surface area contributed by atoms with Crippen LogP contribution in [0.15, 0.2) is 46.4 Å². The number of hydrogen-bond donors (Lipinski definition) is 0. The number of amidine groups is 2. The Morgan fingerprint density at radius 2 is 1.73 bits per heavy atom. The molecule has 2 aromatic carbocycles. The first-order valence-corrected chi connectivity index (χ1v) is 13.3. The van der Waals surface area contributed by atoms with E-state index in [4.69, 9.17) is 14.5 Å². The number of benzene rings is 2. The number of methoxy groups -OCH3 is 2. The van der Waals surface area contributed by atoms with Crippen LogP contribution in [-0.4, -0.2) is 42.1 Å². The average Bonchev–Trinajstić information content (AvgIpc) is 3.22. The maximum absolute atomic E-state index is 13.6. The van der Waals surface area contributed by atoms with Gasteiger partial charge in [-0.25, -0.2) is 4.99 Å². The number of rotatable bonds is 6. The number of carbonyl (C=O) groups is 1. The van der Waals surface area contributed by atoms with E-state index in [0.717, 1.165) is 31.7 Å². The van der Waals surface area contributed by atoms with Crippen LogP contribution in [0.3, 0.4) is 0 Å². The minimum absolute atomic E-state index is 0.0469. The molecule has 2 aliphatic heterocycles. The van der Waals surface area contributed by atoms with E-state index in [9.17, 15) is 18.0 Å². The summed E-state index contributed by atoms with van der Waals surface area (Å²) in [6.07, 6.45) is 1.80. The predicted octanol–water partition coefficient (Wildman–Crippen LogP) is 6.58. The second-order valence-electron chi connectivity index (χ2n) is 9.46. The molecule has 1 unspecified atom stereocenters. The first-order valence-electron chi connectivity index (χ1n) is 12.3. The van der Waals surface area contributed by atoms with Gasteiger partial charge in [0.2, 0.25) is 0 Å². The van der Waals surface area contributed by atoms with Gasteiger partial charge in [-0.05, 0) is 30.0 Å². The van der Waals surface area contributed by atoms with Crippen molar-refractivity contribution in [2.24, 2.45) is 15.9 Å². The average molecular weight is 532 g/mol. The molecule has 0 radical (unpaired) electrons. The third kappa shape index (κ3) is 5.08. The molecule has 2 aromatic rings. The molecule has 1 atom stereocenters. The molecule has 0 aromatic heterocycles. The van der Waals surface area contributed by atoms with Gasteiger partial charge in [0, 0.05) is 17.4 Å². The quantitative estimate of drug-likeness (QED) is 0.421. The largest absolute Gasteiger partial charge is 0.493 e. The standard InChI is InChI=1S/C27H28F3N3O3S/c1-35-22-13-18-20(14-23(22)36-2)31-26(37-15-17-10-6-7-11-19(17)27(28,29)30)33-21(25(34)32-24(18)33)12-16-8-4-3-5-9-16/h6-7,10-11,13-14,16,21H,3-5,8-9,12,15H2,1-2H3. The first-order chi connectivity index (χ1) is 17.8. The van der Waals surface area contributed by atoms with Crippen LogP contribution in [0.4, 0.5) is 18.9 Å². The topological polar surface area (TPSA) is 63.5 Å². The molecular formula is C27H28F3N3O3S.